The van der Waals surface area contributed by atoms with Crippen LogP contribution in [-0.2, 0) is 6.18 Å². The van der Waals surface area contributed by atoms with Crippen molar-refractivity contribution in [3.05, 3.63) is 54.0 Å². The van der Waals surface area contributed by atoms with E-state index in [0.29, 0.717) is 22.7 Å². The van der Waals surface area contributed by atoms with Crippen LogP contribution in [0.25, 0.3) is 17.0 Å². The Bertz CT molecular complexity index is 775. The predicted octanol–water partition coefficient (Wildman–Crippen LogP) is 3.72. The van der Waals surface area contributed by atoms with Gasteiger partial charge in [0.1, 0.15) is 0 Å². The van der Waals surface area contributed by atoms with Gasteiger partial charge in [-0.1, -0.05) is 12.1 Å². The van der Waals surface area contributed by atoms with E-state index in [1.807, 2.05) is 0 Å². The maximum Gasteiger partial charge on any atom is 0.416 e. The van der Waals surface area contributed by atoms with Crippen LogP contribution in [-0.4, -0.2) is 14.4 Å². The maximum absolute atomic E-state index is 12.8. The lowest BCUT2D eigenvalue weighted by Crippen LogP contribution is -2.05. The summed E-state index contributed by atoms with van der Waals surface area (Å²) in [4.78, 5) is 8.29. The molecule has 102 valence electrons. The van der Waals surface area contributed by atoms with Gasteiger partial charge in [0.25, 0.3) is 0 Å². The first kappa shape index (κ1) is 12.7. The van der Waals surface area contributed by atoms with Crippen molar-refractivity contribution < 1.29 is 13.2 Å². The zero-order valence-electron chi connectivity index (χ0n) is 10.5. The first-order valence-corrected chi connectivity index (χ1v) is 5.93. The molecule has 0 fully saturated rings. The summed E-state index contributed by atoms with van der Waals surface area (Å²) in [5.41, 5.74) is 1.15. The number of nitrogens with zero attached hydrogens (tertiary/aromatic N) is 3. The van der Waals surface area contributed by atoms with Gasteiger partial charge in [0.15, 0.2) is 0 Å². The Morgan fingerprint density at radius 1 is 1.15 bits per heavy atom. The van der Waals surface area contributed by atoms with Crippen LogP contribution >= 0.6 is 0 Å². The van der Waals surface area contributed by atoms with E-state index in [-0.39, 0.29) is 0 Å². The number of hydrogen-bond acceptors (Lipinski definition) is 2. The van der Waals surface area contributed by atoms with Gasteiger partial charge in [-0.3, -0.25) is 4.40 Å². The summed E-state index contributed by atoms with van der Waals surface area (Å²) in [7, 11) is 0. The molecule has 3 rings (SSSR count). The quantitative estimate of drug-likeness (QED) is 0.678. The summed E-state index contributed by atoms with van der Waals surface area (Å²) in [6.07, 6.45) is -1.11. The van der Waals surface area contributed by atoms with Gasteiger partial charge in [-0.15, -0.1) is 0 Å². The van der Waals surface area contributed by atoms with E-state index in [1.165, 1.54) is 6.07 Å². The van der Waals surface area contributed by atoms with Crippen molar-refractivity contribution >= 4 is 5.78 Å². The van der Waals surface area contributed by atoms with Crippen LogP contribution in [0.3, 0.4) is 0 Å². The number of alkyl halides is 3. The standard InChI is InChI=1S/C14H10F3N3/c1-9-7-12(20-6-5-18-13(20)19-9)10-3-2-4-11(8-10)14(15,16)17/h2-8H,1H3. The average molecular weight is 277 g/mol. The monoisotopic (exact) mass is 277 g/mol. The highest BCUT2D eigenvalue weighted by molar-refractivity contribution is 5.63. The third kappa shape index (κ3) is 2.13. The van der Waals surface area contributed by atoms with Gasteiger partial charge in [-0.05, 0) is 30.7 Å². The Hall–Kier alpha value is -2.37. The summed E-state index contributed by atoms with van der Waals surface area (Å²) in [6, 6.07) is 6.97. The van der Waals surface area contributed by atoms with E-state index in [1.54, 1.807) is 35.9 Å². The molecule has 0 aliphatic heterocycles. The first-order chi connectivity index (χ1) is 9.45. The molecule has 0 spiro atoms. The van der Waals surface area contributed by atoms with Gasteiger partial charge in [-0.2, -0.15) is 13.2 Å². The van der Waals surface area contributed by atoms with Crippen LogP contribution in [0, 0.1) is 6.92 Å². The highest BCUT2D eigenvalue weighted by Gasteiger charge is 2.30. The number of hydrogen-bond donors (Lipinski definition) is 0. The summed E-state index contributed by atoms with van der Waals surface area (Å²) in [5, 5.41) is 0. The second-order valence-electron chi connectivity index (χ2n) is 4.46. The van der Waals surface area contributed by atoms with E-state index in [9.17, 15) is 13.2 Å². The van der Waals surface area contributed by atoms with Crippen LogP contribution in [0.15, 0.2) is 42.7 Å². The normalized spacial score (nSPS) is 12.0. The molecule has 3 aromatic rings. The fourth-order valence-corrected chi connectivity index (χ4v) is 2.10. The van der Waals surface area contributed by atoms with Gasteiger partial charge in [0.05, 0.1) is 11.3 Å². The fraction of sp³-hybridized carbons (Fsp3) is 0.143. The molecule has 0 aliphatic rings. The number of halogens is 3. The minimum Gasteiger partial charge on any atom is -0.284 e. The molecule has 2 heterocycles. The smallest absolute Gasteiger partial charge is 0.284 e. The van der Waals surface area contributed by atoms with Crippen LogP contribution < -0.4 is 0 Å². The molecule has 3 nitrogen and oxygen atoms in total. The first-order valence-electron chi connectivity index (χ1n) is 5.93. The lowest BCUT2D eigenvalue weighted by molar-refractivity contribution is -0.137. The molecule has 0 saturated heterocycles. The Morgan fingerprint density at radius 2 is 1.95 bits per heavy atom. The Balaban J connectivity index is 2.23. The molecule has 0 aliphatic carbocycles. The van der Waals surface area contributed by atoms with E-state index in [2.05, 4.69) is 9.97 Å². The highest BCUT2D eigenvalue weighted by Crippen LogP contribution is 2.32. The maximum atomic E-state index is 12.8. The fourth-order valence-electron chi connectivity index (χ4n) is 2.10. The van der Waals surface area contributed by atoms with Crippen molar-refractivity contribution in [2.75, 3.05) is 0 Å². The zero-order chi connectivity index (χ0) is 14.3. The Morgan fingerprint density at radius 3 is 2.70 bits per heavy atom. The molecular weight excluding hydrogens is 267 g/mol. The second kappa shape index (κ2) is 4.33. The molecule has 0 saturated carbocycles. The van der Waals surface area contributed by atoms with Crippen molar-refractivity contribution in [2.45, 2.75) is 13.1 Å². The third-order valence-corrected chi connectivity index (χ3v) is 2.99. The summed E-state index contributed by atoms with van der Waals surface area (Å²) < 4.78 is 40.0. The van der Waals surface area contributed by atoms with Gasteiger partial charge in [-0.25, -0.2) is 9.97 Å². The summed E-state index contributed by atoms with van der Waals surface area (Å²) >= 11 is 0. The predicted molar refractivity (Wildman–Crippen MR) is 68.2 cm³/mol. The average Bonchev–Trinajstić information content (AvgIpc) is 2.85. The van der Waals surface area contributed by atoms with Gasteiger partial charge in [0.2, 0.25) is 5.78 Å². The van der Waals surface area contributed by atoms with E-state index in [4.69, 9.17) is 0 Å². The van der Waals surface area contributed by atoms with Crippen LogP contribution in [0.2, 0.25) is 0 Å². The minimum absolute atomic E-state index is 0.470. The second-order valence-corrected chi connectivity index (χ2v) is 4.46. The van der Waals surface area contributed by atoms with Crippen molar-refractivity contribution in [3.8, 4) is 11.3 Å². The topological polar surface area (TPSA) is 30.2 Å². The van der Waals surface area contributed by atoms with E-state index in [0.717, 1.165) is 12.1 Å². The molecule has 0 bridgehead atoms. The molecule has 0 atom stereocenters. The number of benzene rings is 1. The SMILES string of the molecule is Cc1cc(-c2cccc(C(F)(F)F)c2)n2ccnc2n1. The largest absolute Gasteiger partial charge is 0.416 e. The molecule has 6 heteroatoms. The van der Waals surface area contributed by atoms with Crippen LogP contribution in [0.5, 0.6) is 0 Å². The number of aromatic nitrogens is 3. The van der Waals surface area contributed by atoms with Gasteiger partial charge < -0.3 is 0 Å². The van der Waals surface area contributed by atoms with Gasteiger partial charge >= 0.3 is 6.18 Å². The molecule has 20 heavy (non-hydrogen) atoms. The molecule has 0 N–H and O–H groups in total. The Labute approximate surface area is 112 Å². The lowest BCUT2D eigenvalue weighted by Gasteiger charge is -2.10. The van der Waals surface area contributed by atoms with Crippen molar-refractivity contribution in [1.29, 1.82) is 0 Å². The summed E-state index contributed by atoms with van der Waals surface area (Å²) in [5.74, 6) is 0.470. The van der Waals surface area contributed by atoms with Crippen LogP contribution in [0.1, 0.15) is 11.3 Å². The minimum atomic E-state index is -4.36. The van der Waals surface area contributed by atoms with Gasteiger partial charge in [0, 0.05) is 18.1 Å². The van der Waals surface area contributed by atoms with Crippen molar-refractivity contribution in [3.63, 3.8) is 0 Å². The van der Waals surface area contributed by atoms with E-state index < -0.39 is 11.7 Å². The molecule has 1 aromatic carbocycles. The molecule has 2 aromatic heterocycles. The third-order valence-electron chi connectivity index (χ3n) is 2.99. The molecule has 0 amide bonds. The van der Waals surface area contributed by atoms with Crippen molar-refractivity contribution in [2.24, 2.45) is 0 Å². The number of aryl methyl sites for hydroxylation is 1. The molecule has 0 radical (unpaired) electrons. The molecule has 0 unspecified atom stereocenters. The Kier molecular flexibility index (Phi) is 2.74. The number of rotatable bonds is 1. The van der Waals surface area contributed by atoms with Crippen molar-refractivity contribution in [1.82, 2.24) is 14.4 Å². The zero-order valence-corrected chi connectivity index (χ0v) is 10.5. The summed E-state index contributed by atoms with van der Waals surface area (Å²) in [6.45, 7) is 1.78. The highest BCUT2D eigenvalue weighted by atomic mass is 19.4. The van der Waals surface area contributed by atoms with Crippen LogP contribution in [0.4, 0.5) is 13.2 Å². The lowest BCUT2D eigenvalue weighted by atomic mass is 10.1. The number of fused-ring (bicyclic) bond motifs is 1. The van der Waals surface area contributed by atoms with E-state index >= 15 is 0 Å². The molecular formula is C14H10F3N3. The number of imidazole rings is 1.